The van der Waals surface area contributed by atoms with E-state index in [9.17, 15) is 10.1 Å². The molecule has 7 nitrogen and oxygen atoms in total. The standard InChI is InChI=1S/C28H31N3O4/c1-18(2)30-28(32)35-21-7-5-20(6-8-21)27-25(16-29)24-10-9-23(34-22-11-13-33-14-12-22)15-26(24)31(27)17-19-3-4-19/h5-10,15,18-19,22H,3-4,11-14,17H2,1-2H3,(H,30,32). The number of nitrogens with one attached hydrogen (secondary N) is 1. The predicted molar refractivity (Wildman–Crippen MR) is 134 cm³/mol. The Labute approximate surface area is 205 Å². The third-order valence-electron chi connectivity index (χ3n) is 6.50. The highest BCUT2D eigenvalue weighted by molar-refractivity contribution is 5.95. The van der Waals surface area contributed by atoms with Gasteiger partial charge in [-0.3, -0.25) is 0 Å². The summed E-state index contributed by atoms with van der Waals surface area (Å²) in [5.41, 5.74) is 3.49. The number of carbonyl (C=O) groups excluding carboxylic acids is 1. The minimum Gasteiger partial charge on any atom is -0.490 e. The molecular weight excluding hydrogens is 442 g/mol. The van der Waals surface area contributed by atoms with Crippen molar-refractivity contribution >= 4 is 17.0 Å². The van der Waals surface area contributed by atoms with Gasteiger partial charge in [0.15, 0.2) is 0 Å². The summed E-state index contributed by atoms with van der Waals surface area (Å²) in [6, 6.07) is 15.9. The monoisotopic (exact) mass is 473 g/mol. The number of amides is 1. The maximum atomic E-state index is 12.0. The highest BCUT2D eigenvalue weighted by atomic mass is 16.6. The fourth-order valence-electron chi connectivity index (χ4n) is 4.60. The summed E-state index contributed by atoms with van der Waals surface area (Å²) < 4.78 is 19.4. The summed E-state index contributed by atoms with van der Waals surface area (Å²) in [6.45, 7) is 6.08. The first-order chi connectivity index (χ1) is 17.0. The van der Waals surface area contributed by atoms with Gasteiger partial charge in [0.25, 0.3) is 0 Å². The summed E-state index contributed by atoms with van der Waals surface area (Å²) in [6.07, 6.45) is 3.86. The first-order valence-corrected chi connectivity index (χ1v) is 12.4. The van der Waals surface area contributed by atoms with Crippen LogP contribution in [0.1, 0.15) is 45.1 Å². The molecule has 1 aliphatic heterocycles. The molecule has 1 saturated heterocycles. The molecule has 0 bridgehead atoms. The van der Waals surface area contributed by atoms with Crippen molar-refractivity contribution in [1.29, 1.82) is 5.26 Å². The van der Waals surface area contributed by atoms with E-state index in [1.165, 1.54) is 12.8 Å². The van der Waals surface area contributed by atoms with Crippen LogP contribution in [0.3, 0.4) is 0 Å². The number of carbonyl (C=O) groups is 1. The second kappa shape index (κ2) is 10.0. The van der Waals surface area contributed by atoms with Crippen LogP contribution in [0.25, 0.3) is 22.2 Å². The van der Waals surface area contributed by atoms with Gasteiger partial charge in [-0.15, -0.1) is 0 Å². The molecule has 0 spiro atoms. The Morgan fingerprint density at radius 1 is 1.11 bits per heavy atom. The van der Waals surface area contributed by atoms with Crippen LogP contribution in [0.4, 0.5) is 4.79 Å². The Morgan fingerprint density at radius 3 is 2.49 bits per heavy atom. The van der Waals surface area contributed by atoms with Gasteiger partial charge in [-0.1, -0.05) is 0 Å². The Bertz CT molecular complexity index is 1250. The molecule has 1 saturated carbocycles. The lowest BCUT2D eigenvalue weighted by Crippen LogP contribution is -2.32. The molecule has 35 heavy (non-hydrogen) atoms. The van der Waals surface area contributed by atoms with Gasteiger partial charge in [-0.25, -0.2) is 4.79 Å². The van der Waals surface area contributed by atoms with Crippen LogP contribution in [-0.4, -0.2) is 36.0 Å². The average Bonchev–Trinajstić information content (AvgIpc) is 3.61. The van der Waals surface area contributed by atoms with E-state index in [0.717, 1.165) is 60.5 Å². The quantitative estimate of drug-likeness (QED) is 0.480. The number of hydrogen-bond acceptors (Lipinski definition) is 5. The van der Waals surface area contributed by atoms with E-state index in [1.807, 2.05) is 38.1 Å². The van der Waals surface area contributed by atoms with Crippen LogP contribution in [0.5, 0.6) is 11.5 Å². The summed E-state index contributed by atoms with van der Waals surface area (Å²) in [4.78, 5) is 12.0. The molecule has 1 aliphatic carbocycles. The number of benzene rings is 2. The van der Waals surface area contributed by atoms with Crippen LogP contribution in [0.2, 0.25) is 0 Å². The Hall–Kier alpha value is -3.50. The van der Waals surface area contributed by atoms with Crippen molar-refractivity contribution in [3.05, 3.63) is 48.0 Å². The molecule has 5 rings (SSSR count). The minimum absolute atomic E-state index is 0.00147. The third kappa shape index (κ3) is 5.28. The molecule has 182 valence electrons. The first kappa shape index (κ1) is 23.3. The summed E-state index contributed by atoms with van der Waals surface area (Å²) in [5, 5.41) is 13.8. The van der Waals surface area contributed by atoms with E-state index in [0.29, 0.717) is 17.2 Å². The lowest BCUT2D eigenvalue weighted by molar-refractivity contribution is 0.0256. The Kier molecular flexibility index (Phi) is 6.65. The van der Waals surface area contributed by atoms with Crippen molar-refractivity contribution in [1.82, 2.24) is 9.88 Å². The van der Waals surface area contributed by atoms with E-state index in [-0.39, 0.29) is 12.1 Å². The number of rotatable bonds is 7. The smallest absolute Gasteiger partial charge is 0.412 e. The Morgan fingerprint density at radius 2 is 1.83 bits per heavy atom. The van der Waals surface area contributed by atoms with Crippen LogP contribution in [0.15, 0.2) is 42.5 Å². The molecule has 2 fully saturated rings. The number of fused-ring (bicyclic) bond motifs is 1. The van der Waals surface area contributed by atoms with Gasteiger partial charge in [0, 0.05) is 36.9 Å². The first-order valence-electron chi connectivity index (χ1n) is 12.4. The van der Waals surface area contributed by atoms with Gasteiger partial charge in [0.05, 0.1) is 30.0 Å². The summed E-state index contributed by atoms with van der Waals surface area (Å²) in [7, 11) is 0. The third-order valence-corrected chi connectivity index (χ3v) is 6.50. The van der Waals surface area contributed by atoms with Crippen molar-refractivity contribution in [2.75, 3.05) is 13.2 Å². The van der Waals surface area contributed by atoms with Crippen molar-refractivity contribution in [2.45, 2.75) is 58.2 Å². The van der Waals surface area contributed by atoms with Crippen LogP contribution < -0.4 is 14.8 Å². The molecule has 0 unspecified atom stereocenters. The molecule has 2 heterocycles. The van der Waals surface area contributed by atoms with E-state index in [4.69, 9.17) is 14.2 Å². The Balaban J connectivity index is 1.50. The number of nitriles is 1. The fourth-order valence-corrected chi connectivity index (χ4v) is 4.60. The van der Waals surface area contributed by atoms with E-state index in [1.54, 1.807) is 12.1 Å². The molecule has 2 aromatic carbocycles. The highest BCUT2D eigenvalue weighted by Crippen LogP contribution is 2.40. The molecule has 3 aromatic rings. The van der Waals surface area contributed by atoms with Gasteiger partial charge in [0.2, 0.25) is 0 Å². The molecule has 1 amide bonds. The zero-order valence-electron chi connectivity index (χ0n) is 20.3. The largest absolute Gasteiger partial charge is 0.490 e. The lowest BCUT2D eigenvalue weighted by Gasteiger charge is -2.23. The van der Waals surface area contributed by atoms with Gasteiger partial charge in [-0.05, 0) is 74.6 Å². The number of aromatic nitrogens is 1. The molecule has 0 atom stereocenters. The zero-order chi connectivity index (χ0) is 24.4. The normalized spacial score (nSPS) is 16.3. The molecule has 1 aromatic heterocycles. The van der Waals surface area contributed by atoms with E-state index in [2.05, 4.69) is 22.0 Å². The highest BCUT2D eigenvalue weighted by Gasteiger charge is 2.27. The molecule has 1 N–H and O–H groups in total. The minimum atomic E-state index is -0.481. The van der Waals surface area contributed by atoms with Crippen LogP contribution >= 0.6 is 0 Å². The number of ether oxygens (including phenoxy) is 3. The zero-order valence-corrected chi connectivity index (χ0v) is 20.3. The van der Waals surface area contributed by atoms with Crippen molar-refractivity contribution in [2.24, 2.45) is 5.92 Å². The summed E-state index contributed by atoms with van der Waals surface area (Å²) >= 11 is 0. The van der Waals surface area contributed by atoms with Crippen LogP contribution in [0, 0.1) is 17.2 Å². The number of hydrogen-bond donors (Lipinski definition) is 1. The van der Waals surface area contributed by atoms with Gasteiger partial charge in [-0.2, -0.15) is 5.26 Å². The maximum absolute atomic E-state index is 12.0. The molecule has 7 heteroatoms. The van der Waals surface area contributed by atoms with Gasteiger partial charge >= 0.3 is 6.09 Å². The topological polar surface area (TPSA) is 85.5 Å². The number of nitrogens with zero attached hydrogens (tertiary/aromatic N) is 2. The van der Waals surface area contributed by atoms with Crippen LogP contribution in [-0.2, 0) is 11.3 Å². The summed E-state index contributed by atoms with van der Waals surface area (Å²) in [5.74, 6) is 1.91. The average molecular weight is 474 g/mol. The molecule has 0 radical (unpaired) electrons. The van der Waals surface area contributed by atoms with Crippen molar-refractivity contribution in [3.8, 4) is 28.8 Å². The SMILES string of the molecule is CC(C)NC(=O)Oc1ccc(-c2c(C#N)c3ccc(OC4CCOCC4)cc3n2CC2CC2)cc1. The second-order valence-electron chi connectivity index (χ2n) is 9.71. The maximum Gasteiger partial charge on any atom is 0.412 e. The predicted octanol–water partition coefficient (Wildman–Crippen LogP) is 5.64. The van der Waals surface area contributed by atoms with E-state index < -0.39 is 6.09 Å². The van der Waals surface area contributed by atoms with Crippen molar-refractivity contribution < 1.29 is 19.0 Å². The van der Waals surface area contributed by atoms with Gasteiger partial charge < -0.3 is 24.1 Å². The molecule has 2 aliphatic rings. The van der Waals surface area contributed by atoms with E-state index >= 15 is 0 Å². The van der Waals surface area contributed by atoms with Gasteiger partial charge in [0.1, 0.15) is 23.7 Å². The molecular formula is C28H31N3O4. The lowest BCUT2D eigenvalue weighted by atomic mass is 10.1. The van der Waals surface area contributed by atoms with Crippen molar-refractivity contribution in [3.63, 3.8) is 0 Å². The second-order valence-corrected chi connectivity index (χ2v) is 9.71. The fraction of sp³-hybridized carbons (Fsp3) is 0.429.